The lowest BCUT2D eigenvalue weighted by Crippen LogP contribution is -2.10. The van der Waals surface area contributed by atoms with Crippen molar-refractivity contribution in [2.24, 2.45) is 0 Å². The fourth-order valence-electron chi connectivity index (χ4n) is 2.87. The summed E-state index contributed by atoms with van der Waals surface area (Å²) in [6, 6.07) is 7.89. The molecule has 23 heavy (non-hydrogen) atoms. The molecule has 6 heteroatoms. The molecule has 4 rings (SSSR count). The fourth-order valence-corrected chi connectivity index (χ4v) is 2.87. The summed E-state index contributed by atoms with van der Waals surface area (Å²) in [6.45, 7) is 2.96. The quantitative estimate of drug-likeness (QED) is 0.805. The molecule has 1 aliphatic heterocycles. The molecule has 3 aromatic rings. The average molecular weight is 306 g/mol. The zero-order valence-corrected chi connectivity index (χ0v) is 13.0. The number of fused-ring (bicyclic) bond motifs is 1. The first-order valence-corrected chi connectivity index (χ1v) is 7.88. The standard InChI is InChI=1S/C17H18N6/c1-12-9-15(21-17(19-12)13-5-4-7-18-11-13)20-16-10-14-6-2-3-8-23(14)22-16/h4-5,7,9-11H,2-3,6,8H2,1H3,(H,19,20,21,22). The summed E-state index contributed by atoms with van der Waals surface area (Å²) in [5, 5.41) is 7.92. The van der Waals surface area contributed by atoms with Crippen LogP contribution in [0.15, 0.2) is 36.7 Å². The summed E-state index contributed by atoms with van der Waals surface area (Å²) in [4.78, 5) is 13.2. The summed E-state index contributed by atoms with van der Waals surface area (Å²) >= 11 is 0. The summed E-state index contributed by atoms with van der Waals surface area (Å²) in [7, 11) is 0. The molecule has 1 N–H and O–H groups in total. The first-order valence-electron chi connectivity index (χ1n) is 7.88. The van der Waals surface area contributed by atoms with Crippen molar-refractivity contribution in [3.63, 3.8) is 0 Å². The van der Waals surface area contributed by atoms with Gasteiger partial charge in [-0.2, -0.15) is 5.10 Å². The first kappa shape index (κ1) is 13.9. The van der Waals surface area contributed by atoms with Crippen LogP contribution in [0.5, 0.6) is 0 Å². The Hall–Kier alpha value is -2.76. The van der Waals surface area contributed by atoms with Gasteiger partial charge < -0.3 is 5.32 Å². The Morgan fingerprint density at radius 1 is 1.13 bits per heavy atom. The Balaban J connectivity index is 1.64. The third kappa shape index (κ3) is 2.92. The van der Waals surface area contributed by atoms with Gasteiger partial charge in [0, 0.05) is 48.0 Å². The van der Waals surface area contributed by atoms with E-state index in [1.54, 1.807) is 12.4 Å². The Morgan fingerprint density at radius 2 is 2.09 bits per heavy atom. The van der Waals surface area contributed by atoms with Gasteiger partial charge in [0.25, 0.3) is 0 Å². The molecular weight excluding hydrogens is 288 g/mol. The predicted octanol–water partition coefficient (Wildman–Crippen LogP) is 3.12. The van der Waals surface area contributed by atoms with Gasteiger partial charge in [0.15, 0.2) is 11.6 Å². The molecule has 0 unspecified atom stereocenters. The van der Waals surface area contributed by atoms with Crippen LogP contribution >= 0.6 is 0 Å². The highest BCUT2D eigenvalue weighted by molar-refractivity contribution is 5.59. The predicted molar refractivity (Wildman–Crippen MR) is 88.4 cm³/mol. The van der Waals surface area contributed by atoms with Crippen LogP contribution in [0, 0.1) is 6.92 Å². The minimum absolute atomic E-state index is 0.671. The molecule has 0 radical (unpaired) electrons. The van der Waals surface area contributed by atoms with Crippen LogP contribution in [0.25, 0.3) is 11.4 Å². The van der Waals surface area contributed by atoms with E-state index in [2.05, 4.69) is 36.1 Å². The number of rotatable bonds is 3. The van der Waals surface area contributed by atoms with Crippen LogP contribution in [0.2, 0.25) is 0 Å². The lowest BCUT2D eigenvalue weighted by Gasteiger charge is -2.11. The van der Waals surface area contributed by atoms with Crippen LogP contribution in [0.3, 0.4) is 0 Å². The van der Waals surface area contributed by atoms with Gasteiger partial charge in [-0.3, -0.25) is 9.67 Å². The van der Waals surface area contributed by atoms with Crippen molar-refractivity contribution in [1.82, 2.24) is 24.7 Å². The van der Waals surface area contributed by atoms with Gasteiger partial charge in [-0.05, 0) is 38.3 Å². The zero-order valence-electron chi connectivity index (χ0n) is 13.0. The van der Waals surface area contributed by atoms with Gasteiger partial charge in [-0.15, -0.1) is 0 Å². The topological polar surface area (TPSA) is 68.5 Å². The molecule has 0 saturated carbocycles. The largest absolute Gasteiger partial charge is 0.323 e. The smallest absolute Gasteiger partial charge is 0.163 e. The summed E-state index contributed by atoms with van der Waals surface area (Å²) < 4.78 is 2.09. The van der Waals surface area contributed by atoms with E-state index in [-0.39, 0.29) is 0 Å². The number of aromatic nitrogens is 5. The molecule has 0 saturated heterocycles. The molecule has 6 nitrogen and oxygen atoms in total. The van der Waals surface area contributed by atoms with E-state index < -0.39 is 0 Å². The molecular formula is C17H18N6. The number of anilines is 2. The third-order valence-corrected chi connectivity index (χ3v) is 3.95. The SMILES string of the molecule is Cc1cc(Nc2cc3n(n2)CCCC3)nc(-c2cccnc2)n1. The molecule has 0 atom stereocenters. The van der Waals surface area contributed by atoms with E-state index >= 15 is 0 Å². The second-order valence-corrected chi connectivity index (χ2v) is 5.79. The number of hydrogen-bond donors (Lipinski definition) is 1. The van der Waals surface area contributed by atoms with Crippen molar-refractivity contribution in [2.45, 2.75) is 32.7 Å². The monoisotopic (exact) mass is 306 g/mol. The number of nitrogens with zero attached hydrogens (tertiary/aromatic N) is 5. The van der Waals surface area contributed by atoms with E-state index in [1.807, 2.05) is 25.1 Å². The van der Waals surface area contributed by atoms with Crippen LogP contribution in [0.1, 0.15) is 24.2 Å². The lowest BCUT2D eigenvalue weighted by atomic mass is 10.1. The van der Waals surface area contributed by atoms with Crippen LogP contribution in [0.4, 0.5) is 11.6 Å². The molecule has 0 fully saturated rings. The van der Waals surface area contributed by atoms with Crippen molar-refractivity contribution in [2.75, 3.05) is 5.32 Å². The summed E-state index contributed by atoms with van der Waals surface area (Å²) in [5.41, 5.74) is 3.10. The second kappa shape index (κ2) is 5.79. The van der Waals surface area contributed by atoms with Crippen LogP contribution in [-0.2, 0) is 13.0 Å². The molecule has 0 aliphatic carbocycles. The Bertz CT molecular complexity index is 801. The molecule has 1 aliphatic rings. The highest BCUT2D eigenvalue weighted by Crippen LogP contribution is 2.22. The van der Waals surface area contributed by atoms with E-state index in [1.165, 1.54) is 18.5 Å². The lowest BCUT2D eigenvalue weighted by molar-refractivity contribution is 0.487. The van der Waals surface area contributed by atoms with Gasteiger partial charge in [-0.1, -0.05) is 0 Å². The second-order valence-electron chi connectivity index (χ2n) is 5.79. The molecule has 4 heterocycles. The number of pyridine rings is 1. The van der Waals surface area contributed by atoms with Gasteiger partial charge in [-0.25, -0.2) is 9.97 Å². The van der Waals surface area contributed by atoms with Crippen molar-refractivity contribution in [3.05, 3.63) is 48.0 Å². The number of nitrogens with one attached hydrogen (secondary N) is 1. The number of aryl methyl sites for hydroxylation is 3. The molecule has 116 valence electrons. The van der Waals surface area contributed by atoms with Crippen LogP contribution in [-0.4, -0.2) is 24.7 Å². The maximum atomic E-state index is 4.61. The molecule has 0 aromatic carbocycles. The van der Waals surface area contributed by atoms with E-state index in [9.17, 15) is 0 Å². The summed E-state index contributed by atoms with van der Waals surface area (Å²) in [5.74, 6) is 2.27. The minimum atomic E-state index is 0.671. The Morgan fingerprint density at radius 3 is 2.91 bits per heavy atom. The van der Waals surface area contributed by atoms with E-state index in [0.29, 0.717) is 5.82 Å². The van der Waals surface area contributed by atoms with Gasteiger partial charge in [0.2, 0.25) is 0 Å². The molecule has 0 amide bonds. The maximum Gasteiger partial charge on any atom is 0.163 e. The fraction of sp³-hybridized carbons (Fsp3) is 0.294. The maximum absolute atomic E-state index is 4.61. The highest BCUT2D eigenvalue weighted by Gasteiger charge is 2.13. The molecule has 0 spiro atoms. The van der Waals surface area contributed by atoms with Gasteiger partial charge >= 0.3 is 0 Å². The zero-order chi connectivity index (χ0) is 15.6. The Kier molecular flexibility index (Phi) is 3.49. The van der Waals surface area contributed by atoms with Crippen molar-refractivity contribution in [3.8, 4) is 11.4 Å². The third-order valence-electron chi connectivity index (χ3n) is 3.95. The molecule has 0 bridgehead atoms. The van der Waals surface area contributed by atoms with Crippen molar-refractivity contribution < 1.29 is 0 Å². The van der Waals surface area contributed by atoms with E-state index in [0.717, 1.165) is 35.9 Å². The van der Waals surface area contributed by atoms with Gasteiger partial charge in [0.05, 0.1) is 0 Å². The normalized spacial score (nSPS) is 13.6. The number of hydrogen-bond acceptors (Lipinski definition) is 5. The molecule has 3 aromatic heterocycles. The van der Waals surface area contributed by atoms with Crippen molar-refractivity contribution >= 4 is 11.6 Å². The van der Waals surface area contributed by atoms with Gasteiger partial charge in [0.1, 0.15) is 5.82 Å². The minimum Gasteiger partial charge on any atom is -0.323 e. The Labute approximate surface area is 134 Å². The summed E-state index contributed by atoms with van der Waals surface area (Å²) in [6.07, 6.45) is 7.05. The average Bonchev–Trinajstić information content (AvgIpc) is 2.97. The van der Waals surface area contributed by atoms with Crippen molar-refractivity contribution in [1.29, 1.82) is 0 Å². The first-order chi connectivity index (χ1) is 11.3. The van der Waals surface area contributed by atoms with Crippen LogP contribution < -0.4 is 5.32 Å². The van der Waals surface area contributed by atoms with E-state index in [4.69, 9.17) is 0 Å². The highest BCUT2D eigenvalue weighted by atomic mass is 15.3.